The monoisotopic (exact) mass is 405 g/mol. The first-order valence-corrected chi connectivity index (χ1v) is 10.1. The Morgan fingerprint density at radius 1 is 1.32 bits per heavy atom. The highest BCUT2D eigenvalue weighted by Crippen LogP contribution is 2.39. The van der Waals surface area contributed by atoms with Crippen LogP contribution in [0.25, 0.3) is 0 Å². The molecule has 0 atom stereocenters. The van der Waals surface area contributed by atoms with Gasteiger partial charge in [0.1, 0.15) is 10.7 Å². The summed E-state index contributed by atoms with van der Waals surface area (Å²) in [6.07, 6.45) is 4.79. The molecule has 0 spiro atoms. The molecule has 1 amide bonds. The maximum atomic E-state index is 12.8. The summed E-state index contributed by atoms with van der Waals surface area (Å²) >= 11 is 1.41. The van der Waals surface area contributed by atoms with E-state index in [1.165, 1.54) is 28.3 Å². The fourth-order valence-corrected chi connectivity index (χ4v) is 4.49. The number of aryl methyl sites for hydroxylation is 2. The molecule has 9 heteroatoms. The van der Waals surface area contributed by atoms with Gasteiger partial charge < -0.3 is 15.2 Å². The molecule has 3 rings (SSSR count). The van der Waals surface area contributed by atoms with E-state index < -0.39 is 17.8 Å². The molecular formula is C19H23N3O5S. The normalized spacial score (nSPS) is 13.2. The highest BCUT2D eigenvalue weighted by atomic mass is 32.1. The van der Waals surface area contributed by atoms with E-state index in [0.717, 1.165) is 36.1 Å². The van der Waals surface area contributed by atoms with E-state index in [2.05, 4.69) is 10.4 Å². The molecule has 2 aromatic rings. The maximum Gasteiger partial charge on any atom is 0.341 e. The predicted molar refractivity (Wildman–Crippen MR) is 104 cm³/mol. The molecule has 2 aromatic heterocycles. The van der Waals surface area contributed by atoms with Gasteiger partial charge in [-0.05, 0) is 51.2 Å². The number of amides is 1. The molecule has 0 saturated carbocycles. The number of esters is 1. The molecule has 0 fully saturated rings. The Bertz CT molecular complexity index is 900. The van der Waals surface area contributed by atoms with Crippen LogP contribution in [0.5, 0.6) is 0 Å². The van der Waals surface area contributed by atoms with Crippen LogP contribution < -0.4 is 5.32 Å². The van der Waals surface area contributed by atoms with Crippen molar-refractivity contribution in [3.8, 4) is 0 Å². The number of hydrogen-bond donors (Lipinski definition) is 2. The standard InChI is InChI=1S/C19H23N3O5S/c1-11(2)27-19(26)16-12-5-3-4-6-14(12)28-18(16)21-17(25)13-7-9-20-22(13)10-8-15(23)24/h7,9,11H,3-6,8,10H2,1-2H3,(H,21,25)(H,23,24). The van der Waals surface area contributed by atoms with Gasteiger partial charge in [0, 0.05) is 11.1 Å². The molecule has 0 radical (unpaired) electrons. The van der Waals surface area contributed by atoms with Gasteiger partial charge >= 0.3 is 11.9 Å². The highest BCUT2D eigenvalue weighted by Gasteiger charge is 2.28. The van der Waals surface area contributed by atoms with Crippen LogP contribution in [0.2, 0.25) is 0 Å². The fraction of sp³-hybridized carbons (Fsp3) is 0.474. The van der Waals surface area contributed by atoms with Gasteiger partial charge in [-0.25, -0.2) is 4.79 Å². The number of carbonyl (C=O) groups excluding carboxylic acids is 2. The number of carboxylic acid groups (broad SMARTS) is 1. The van der Waals surface area contributed by atoms with Gasteiger partial charge in [-0.2, -0.15) is 5.10 Å². The summed E-state index contributed by atoms with van der Waals surface area (Å²) in [5, 5.41) is 16.2. The predicted octanol–water partition coefficient (Wildman–Crippen LogP) is 3.12. The van der Waals surface area contributed by atoms with Gasteiger partial charge in [-0.1, -0.05) is 0 Å². The zero-order valence-corrected chi connectivity index (χ0v) is 16.7. The quantitative estimate of drug-likeness (QED) is 0.685. The van der Waals surface area contributed by atoms with Crippen molar-refractivity contribution in [1.29, 1.82) is 0 Å². The van der Waals surface area contributed by atoms with Crippen LogP contribution in [0.15, 0.2) is 12.3 Å². The average molecular weight is 405 g/mol. The molecule has 0 bridgehead atoms. The second kappa shape index (κ2) is 8.55. The van der Waals surface area contributed by atoms with Gasteiger partial charge in [0.25, 0.3) is 5.91 Å². The van der Waals surface area contributed by atoms with Gasteiger partial charge in [0.2, 0.25) is 0 Å². The maximum absolute atomic E-state index is 12.8. The molecule has 150 valence electrons. The topological polar surface area (TPSA) is 111 Å². The molecule has 2 N–H and O–H groups in total. The molecular weight excluding hydrogens is 382 g/mol. The van der Waals surface area contributed by atoms with Crippen molar-refractivity contribution in [1.82, 2.24) is 9.78 Å². The van der Waals surface area contributed by atoms with Crippen molar-refractivity contribution in [2.75, 3.05) is 5.32 Å². The van der Waals surface area contributed by atoms with Crippen molar-refractivity contribution >= 4 is 34.2 Å². The van der Waals surface area contributed by atoms with Crippen molar-refractivity contribution in [3.63, 3.8) is 0 Å². The molecule has 0 saturated heterocycles. The van der Waals surface area contributed by atoms with E-state index in [-0.39, 0.29) is 24.8 Å². The van der Waals surface area contributed by atoms with Gasteiger partial charge in [0.05, 0.1) is 24.6 Å². The number of fused-ring (bicyclic) bond motifs is 1. The molecule has 2 heterocycles. The molecule has 0 aliphatic heterocycles. The number of carbonyl (C=O) groups is 3. The number of aliphatic carboxylic acids is 1. The van der Waals surface area contributed by atoms with Crippen molar-refractivity contribution in [2.45, 2.75) is 58.6 Å². The smallest absolute Gasteiger partial charge is 0.341 e. The van der Waals surface area contributed by atoms with Crippen LogP contribution in [-0.4, -0.2) is 38.8 Å². The zero-order valence-electron chi connectivity index (χ0n) is 15.9. The Morgan fingerprint density at radius 3 is 2.79 bits per heavy atom. The van der Waals surface area contributed by atoms with Crippen LogP contribution in [0.4, 0.5) is 5.00 Å². The van der Waals surface area contributed by atoms with E-state index in [9.17, 15) is 14.4 Å². The lowest BCUT2D eigenvalue weighted by atomic mass is 9.95. The lowest BCUT2D eigenvalue weighted by Gasteiger charge is -2.14. The summed E-state index contributed by atoms with van der Waals surface area (Å²) in [5.41, 5.74) is 1.66. The number of ether oxygens (including phenoxy) is 1. The van der Waals surface area contributed by atoms with Gasteiger partial charge in [-0.15, -0.1) is 11.3 Å². The average Bonchev–Trinajstić information content (AvgIpc) is 3.23. The van der Waals surface area contributed by atoms with Gasteiger partial charge in [0.15, 0.2) is 0 Å². The third kappa shape index (κ3) is 4.41. The molecule has 28 heavy (non-hydrogen) atoms. The second-order valence-electron chi connectivity index (χ2n) is 6.91. The lowest BCUT2D eigenvalue weighted by molar-refractivity contribution is -0.137. The van der Waals surface area contributed by atoms with E-state index in [1.807, 2.05) is 0 Å². The number of hydrogen-bond acceptors (Lipinski definition) is 6. The number of rotatable bonds is 7. The fourth-order valence-electron chi connectivity index (χ4n) is 3.22. The van der Waals surface area contributed by atoms with Crippen LogP contribution >= 0.6 is 11.3 Å². The number of aromatic nitrogens is 2. The number of nitrogens with one attached hydrogen (secondary N) is 1. The first-order valence-electron chi connectivity index (χ1n) is 9.27. The van der Waals surface area contributed by atoms with Crippen molar-refractivity contribution < 1.29 is 24.2 Å². The van der Waals surface area contributed by atoms with Crippen LogP contribution in [0, 0.1) is 0 Å². The number of nitrogens with zero attached hydrogens (tertiary/aromatic N) is 2. The molecule has 1 aliphatic rings. The Morgan fingerprint density at radius 2 is 2.07 bits per heavy atom. The Kier molecular flexibility index (Phi) is 6.13. The third-order valence-corrected chi connectivity index (χ3v) is 5.64. The minimum absolute atomic E-state index is 0.0915. The first-order chi connectivity index (χ1) is 13.4. The number of anilines is 1. The van der Waals surface area contributed by atoms with E-state index in [4.69, 9.17) is 9.84 Å². The molecule has 0 unspecified atom stereocenters. The Labute approximate surface area is 166 Å². The summed E-state index contributed by atoms with van der Waals surface area (Å²) < 4.78 is 6.75. The van der Waals surface area contributed by atoms with E-state index in [0.29, 0.717) is 10.6 Å². The second-order valence-corrected chi connectivity index (χ2v) is 8.01. The summed E-state index contributed by atoms with van der Waals surface area (Å²) in [5.74, 6) is -1.82. The SMILES string of the molecule is CC(C)OC(=O)c1c(NC(=O)c2ccnn2CCC(=O)O)sc2c1CCCC2. The van der Waals surface area contributed by atoms with Crippen LogP contribution in [0.3, 0.4) is 0 Å². The largest absolute Gasteiger partial charge is 0.481 e. The lowest BCUT2D eigenvalue weighted by Crippen LogP contribution is -2.20. The summed E-state index contributed by atoms with van der Waals surface area (Å²) in [7, 11) is 0. The van der Waals surface area contributed by atoms with Crippen molar-refractivity contribution in [3.05, 3.63) is 34.0 Å². The minimum atomic E-state index is -0.966. The Balaban J connectivity index is 1.87. The third-order valence-electron chi connectivity index (χ3n) is 4.43. The molecule has 1 aliphatic carbocycles. The highest BCUT2D eigenvalue weighted by molar-refractivity contribution is 7.17. The summed E-state index contributed by atoms with van der Waals surface area (Å²) in [6, 6.07) is 1.52. The minimum Gasteiger partial charge on any atom is -0.481 e. The molecule has 8 nitrogen and oxygen atoms in total. The van der Waals surface area contributed by atoms with Crippen molar-refractivity contribution in [2.24, 2.45) is 0 Å². The zero-order chi connectivity index (χ0) is 20.3. The molecule has 0 aromatic carbocycles. The first kappa shape index (κ1) is 20.1. The summed E-state index contributed by atoms with van der Waals surface area (Å²) in [6.45, 7) is 3.67. The Hall–Kier alpha value is -2.68. The van der Waals surface area contributed by atoms with Crippen LogP contribution in [0.1, 0.15) is 64.4 Å². The van der Waals surface area contributed by atoms with Crippen LogP contribution in [-0.2, 0) is 28.9 Å². The van der Waals surface area contributed by atoms with E-state index >= 15 is 0 Å². The van der Waals surface area contributed by atoms with E-state index in [1.54, 1.807) is 13.8 Å². The summed E-state index contributed by atoms with van der Waals surface area (Å²) in [4.78, 5) is 37.4. The number of thiophene rings is 1. The number of carboxylic acids is 1. The van der Waals surface area contributed by atoms with Gasteiger partial charge in [-0.3, -0.25) is 14.3 Å².